The quantitative estimate of drug-likeness (QED) is 0.587. The molecule has 0 unspecified atom stereocenters. The zero-order valence-electron chi connectivity index (χ0n) is 17.1. The summed E-state index contributed by atoms with van der Waals surface area (Å²) >= 11 is 6.07. The van der Waals surface area contributed by atoms with Crippen LogP contribution in [0, 0.1) is 0 Å². The number of benzene rings is 1. The van der Waals surface area contributed by atoms with Crippen LogP contribution in [0.5, 0.6) is 0 Å². The van der Waals surface area contributed by atoms with Gasteiger partial charge in [0.05, 0.1) is 40.8 Å². The SMILES string of the molecule is Cn1cc(C(=O)Nc2cc(Cl)cc(NS(C)(=O)=O)c2)cc1-c1ccc(N2CCC2)cn1. The van der Waals surface area contributed by atoms with Crippen molar-refractivity contribution in [3.8, 4) is 11.4 Å². The molecule has 8 nitrogen and oxygen atoms in total. The van der Waals surface area contributed by atoms with Gasteiger partial charge in [0.15, 0.2) is 0 Å². The van der Waals surface area contributed by atoms with Crippen molar-refractivity contribution in [2.75, 3.05) is 34.3 Å². The summed E-state index contributed by atoms with van der Waals surface area (Å²) in [5, 5.41) is 3.05. The van der Waals surface area contributed by atoms with E-state index in [0.29, 0.717) is 16.3 Å². The molecule has 3 heterocycles. The Labute approximate surface area is 185 Å². The Morgan fingerprint density at radius 2 is 1.87 bits per heavy atom. The van der Waals surface area contributed by atoms with Gasteiger partial charge in [-0.05, 0) is 42.8 Å². The third-order valence-electron chi connectivity index (χ3n) is 4.96. The van der Waals surface area contributed by atoms with Gasteiger partial charge >= 0.3 is 0 Å². The van der Waals surface area contributed by atoms with Gasteiger partial charge in [-0.25, -0.2) is 8.42 Å². The summed E-state index contributed by atoms with van der Waals surface area (Å²) in [5.41, 5.74) is 3.78. The smallest absolute Gasteiger partial charge is 0.257 e. The van der Waals surface area contributed by atoms with Crippen LogP contribution in [0.4, 0.5) is 17.1 Å². The van der Waals surface area contributed by atoms with Crippen molar-refractivity contribution in [3.63, 3.8) is 0 Å². The molecule has 0 saturated carbocycles. The van der Waals surface area contributed by atoms with Gasteiger partial charge in [0.25, 0.3) is 5.91 Å². The molecule has 0 aliphatic carbocycles. The van der Waals surface area contributed by atoms with E-state index in [1.165, 1.54) is 18.6 Å². The lowest BCUT2D eigenvalue weighted by Crippen LogP contribution is -2.36. The number of carbonyl (C=O) groups excluding carboxylic acids is 1. The van der Waals surface area contributed by atoms with Crippen LogP contribution in [0.15, 0.2) is 48.8 Å². The number of aromatic nitrogens is 2. The first-order valence-electron chi connectivity index (χ1n) is 9.65. The highest BCUT2D eigenvalue weighted by Crippen LogP contribution is 2.26. The van der Waals surface area contributed by atoms with Crippen LogP contribution in [0.2, 0.25) is 5.02 Å². The second-order valence-electron chi connectivity index (χ2n) is 7.52. The Hall–Kier alpha value is -3.04. The van der Waals surface area contributed by atoms with E-state index in [4.69, 9.17) is 11.6 Å². The van der Waals surface area contributed by atoms with Gasteiger partial charge in [0.1, 0.15) is 0 Å². The molecule has 4 rings (SSSR count). The van der Waals surface area contributed by atoms with Crippen LogP contribution < -0.4 is 14.9 Å². The summed E-state index contributed by atoms with van der Waals surface area (Å²) in [6, 6.07) is 10.3. The fourth-order valence-electron chi connectivity index (χ4n) is 3.38. The van der Waals surface area contributed by atoms with Crippen LogP contribution in [-0.2, 0) is 17.1 Å². The normalized spacial score (nSPS) is 13.6. The fourth-order valence-corrected chi connectivity index (χ4v) is 4.16. The Bertz CT molecular complexity index is 1230. The molecule has 0 atom stereocenters. The minimum atomic E-state index is -3.47. The monoisotopic (exact) mass is 459 g/mol. The number of carbonyl (C=O) groups is 1. The maximum Gasteiger partial charge on any atom is 0.257 e. The topological polar surface area (TPSA) is 96.3 Å². The average molecular weight is 460 g/mol. The van der Waals surface area contributed by atoms with Crippen LogP contribution in [0.3, 0.4) is 0 Å². The molecule has 0 radical (unpaired) electrons. The molecule has 1 fully saturated rings. The lowest BCUT2D eigenvalue weighted by Gasteiger charge is -2.32. The lowest BCUT2D eigenvalue weighted by atomic mass is 10.2. The summed E-state index contributed by atoms with van der Waals surface area (Å²) in [6.45, 7) is 2.11. The van der Waals surface area contributed by atoms with E-state index < -0.39 is 10.0 Å². The highest BCUT2D eigenvalue weighted by Gasteiger charge is 2.17. The van der Waals surface area contributed by atoms with E-state index in [1.54, 1.807) is 18.3 Å². The largest absolute Gasteiger partial charge is 0.370 e. The van der Waals surface area contributed by atoms with Gasteiger partial charge in [0.2, 0.25) is 10.0 Å². The van der Waals surface area contributed by atoms with Gasteiger partial charge in [0, 0.05) is 37.0 Å². The van der Waals surface area contributed by atoms with Crippen molar-refractivity contribution in [1.29, 1.82) is 0 Å². The Balaban J connectivity index is 1.52. The molecule has 162 valence electrons. The Morgan fingerprint density at radius 1 is 1.13 bits per heavy atom. The van der Waals surface area contributed by atoms with Gasteiger partial charge < -0.3 is 14.8 Å². The first-order chi connectivity index (χ1) is 14.7. The predicted molar refractivity (Wildman–Crippen MR) is 123 cm³/mol. The third-order valence-corrected chi connectivity index (χ3v) is 5.78. The number of hydrogen-bond acceptors (Lipinski definition) is 5. The van der Waals surface area contributed by atoms with E-state index in [1.807, 2.05) is 29.9 Å². The molecule has 1 saturated heterocycles. The minimum absolute atomic E-state index is 0.269. The third kappa shape index (κ3) is 5.00. The summed E-state index contributed by atoms with van der Waals surface area (Å²) < 4.78 is 27.1. The zero-order valence-corrected chi connectivity index (χ0v) is 18.7. The average Bonchev–Trinajstić information content (AvgIpc) is 3.01. The van der Waals surface area contributed by atoms with E-state index in [-0.39, 0.29) is 11.6 Å². The number of amides is 1. The van der Waals surface area contributed by atoms with Crippen LogP contribution >= 0.6 is 11.6 Å². The van der Waals surface area contributed by atoms with Crippen molar-refractivity contribution in [1.82, 2.24) is 9.55 Å². The molecule has 2 aromatic heterocycles. The number of sulfonamides is 1. The number of halogens is 1. The number of pyridine rings is 1. The number of rotatable bonds is 6. The fraction of sp³-hybridized carbons (Fsp3) is 0.238. The molecule has 31 heavy (non-hydrogen) atoms. The molecule has 10 heteroatoms. The highest BCUT2D eigenvalue weighted by atomic mass is 35.5. The summed E-state index contributed by atoms with van der Waals surface area (Å²) in [6.07, 6.45) is 5.82. The molecule has 1 aliphatic rings. The number of anilines is 3. The maximum atomic E-state index is 12.8. The predicted octanol–water partition coefficient (Wildman–Crippen LogP) is 3.57. The van der Waals surface area contributed by atoms with Gasteiger partial charge in [-0.1, -0.05) is 11.6 Å². The first-order valence-corrected chi connectivity index (χ1v) is 11.9. The van der Waals surface area contributed by atoms with Crippen LogP contribution in [0.25, 0.3) is 11.4 Å². The van der Waals surface area contributed by atoms with Gasteiger partial charge in [-0.3, -0.25) is 14.5 Å². The Kier molecular flexibility index (Phi) is 5.63. The van der Waals surface area contributed by atoms with Crippen LogP contribution in [-0.4, -0.2) is 43.2 Å². The number of nitrogens with one attached hydrogen (secondary N) is 2. The summed E-state index contributed by atoms with van der Waals surface area (Å²) in [4.78, 5) is 19.6. The summed E-state index contributed by atoms with van der Waals surface area (Å²) in [5.74, 6) is -0.341. The number of nitrogens with zero attached hydrogens (tertiary/aromatic N) is 3. The van der Waals surface area contributed by atoms with Gasteiger partial charge in [-0.2, -0.15) is 0 Å². The highest BCUT2D eigenvalue weighted by molar-refractivity contribution is 7.92. The lowest BCUT2D eigenvalue weighted by molar-refractivity contribution is 0.102. The van der Waals surface area contributed by atoms with Crippen molar-refractivity contribution in [2.24, 2.45) is 7.05 Å². The van der Waals surface area contributed by atoms with Crippen molar-refractivity contribution >= 4 is 44.6 Å². The molecule has 1 aliphatic heterocycles. The molecule has 3 aromatic rings. The number of aryl methyl sites for hydroxylation is 1. The Morgan fingerprint density at radius 3 is 2.48 bits per heavy atom. The molecular formula is C21H22ClN5O3S. The van der Waals surface area contributed by atoms with Crippen molar-refractivity contribution in [2.45, 2.75) is 6.42 Å². The van der Waals surface area contributed by atoms with E-state index >= 15 is 0 Å². The van der Waals surface area contributed by atoms with Crippen LogP contribution in [0.1, 0.15) is 16.8 Å². The van der Waals surface area contributed by atoms with Gasteiger partial charge in [-0.15, -0.1) is 0 Å². The second kappa shape index (κ2) is 8.24. The second-order valence-corrected chi connectivity index (χ2v) is 9.71. The maximum absolute atomic E-state index is 12.8. The molecule has 0 bridgehead atoms. The van der Waals surface area contributed by atoms with Crippen molar-refractivity contribution < 1.29 is 13.2 Å². The molecule has 1 amide bonds. The zero-order chi connectivity index (χ0) is 22.2. The van der Waals surface area contributed by atoms with E-state index in [9.17, 15) is 13.2 Å². The molecule has 1 aromatic carbocycles. The standard InChI is InChI=1S/C21H22ClN5O3S/c1-26-13-14(8-20(26)19-5-4-18(12-23-19)27-6-3-7-27)21(28)24-16-9-15(22)10-17(11-16)25-31(2,29)30/h4-5,8-13,25H,3,6-7H2,1-2H3,(H,24,28). The molecule has 2 N–H and O–H groups in total. The molecule has 0 spiro atoms. The van der Waals surface area contributed by atoms with E-state index in [0.717, 1.165) is 36.4 Å². The first kappa shape index (κ1) is 21.2. The summed E-state index contributed by atoms with van der Waals surface area (Å²) in [7, 11) is -1.61. The molecular weight excluding hydrogens is 438 g/mol. The van der Waals surface area contributed by atoms with E-state index in [2.05, 4.69) is 19.9 Å². The minimum Gasteiger partial charge on any atom is -0.370 e. The van der Waals surface area contributed by atoms with Crippen molar-refractivity contribution in [3.05, 3.63) is 59.4 Å². The number of hydrogen-bond donors (Lipinski definition) is 2.